The molecule has 3 bridgehead atoms. The number of fused-ring (bicyclic) bond motifs is 3. The Kier molecular flexibility index (Phi) is 7.21. The van der Waals surface area contributed by atoms with Gasteiger partial charge in [0, 0.05) is 5.75 Å². The lowest BCUT2D eigenvalue weighted by Crippen LogP contribution is -2.50. The maximum Gasteiger partial charge on any atom is 0.310 e. The van der Waals surface area contributed by atoms with E-state index in [1.165, 1.54) is 5.57 Å². The fraction of sp³-hybridized carbons (Fsp3) is 0.850. The maximum absolute atomic E-state index is 12.7. The number of hydrogen-bond donors (Lipinski definition) is 2. The summed E-state index contributed by atoms with van der Waals surface area (Å²) in [5.74, 6) is 0.687. The van der Waals surface area contributed by atoms with Crippen molar-refractivity contribution >= 4 is 37.4 Å². The Bertz CT molecular complexity index is 580. The molecule has 2 saturated heterocycles. The minimum Gasteiger partial charge on any atom is -0.459 e. The zero-order valence-electron chi connectivity index (χ0n) is 16.5. The molecule has 0 unspecified atom stereocenters. The summed E-state index contributed by atoms with van der Waals surface area (Å²) in [7, 11) is 5.15. The Morgan fingerprint density at radius 1 is 1.26 bits per heavy atom. The predicted octanol–water partition coefficient (Wildman–Crippen LogP) is 4.75. The van der Waals surface area contributed by atoms with E-state index in [2.05, 4.69) is 19.9 Å². The van der Waals surface area contributed by atoms with Crippen LogP contribution in [0.25, 0.3) is 0 Å². The average Bonchev–Trinajstić information content (AvgIpc) is 2.69. The number of ether oxygens (including phenoxy) is 1. The van der Waals surface area contributed by atoms with Crippen LogP contribution in [0.5, 0.6) is 0 Å². The molecule has 1 aliphatic carbocycles. The summed E-state index contributed by atoms with van der Waals surface area (Å²) in [6.07, 6.45) is 6.81. The molecule has 0 aromatic carbocycles. The molecule has 0 aromatic heterocycles. The number of allylic oxidation sites excluding steroid dienone is 2. The van der Waals surface area contributed by atoms with Crippen molar-refractivity contribution in [3.63, 3.8) is 0 Å². The molecule has 6 atom stereocenters. The molecule has 2 aliphatic heterocycles. The van der Waals surface area contributed by atoms with Crippen molar-refractivity contribution in [2.75, 3.05) is 5.75 Å². The lowest BCUT2D eigenvalue weighted by Gasteiger charge is -2.42. The average molecular weight is 433 g/mol. The van der Waals surface area contributed by atoms with Gasteiger partial charge in [-0.2, -0.15) is 0 Å². The lowest BCUT2D eigenvalue weighted by molar-refractivity contribution is -0.184. The van der Waals surface area contributed by atoms with Crippen LogP contribution >= 0.6 is 31.4 Å². The first-order valence-electron chi connectivity index (χ1n) is 9.95. The smallest absolute Gasteiger partial charge is 0.310 e. The highest BCUT2D eigenvalue weighted by atomic mass is 33.5. The van der Waals surface area contributed by atoms with Crippen LogP contribution in [0.2, 0.25) is 0 Å². The van der Waals surface area contributed by atoms with E-state index >= 15 is 0 Å². The quantitative estimate of drug-likeness (QED) is 0.325. The van der Waals surface area contributed by atoms with Gasteiger partial charge in [-0.15, -0.1) is 0 Å². The van der Waals surface area contributed by atoms with Crippen molar-refractivity contribution in [3.8, 4) is 0 Å². The summed E-state index contributed by atoms with van der Waals surface area (Å²) in [5.41, 5.74) is 0.249. The van der Waals surface area contributed by atoms with Crippen LogP contribution < -0.4 is 0 Å². The third-order valence-corrected chi connectivity index (χ3v) is 11.6. The van der Waals surface area contributed by atoms with Crippen molar-refractivity contribution in [2.24, 2.45) is 11.8 Å². The van der Waals surface area contributed by atoms with E-state index in [1.54, 1.807) is 31.4 Å². The fourth-order valence-corrected chi connectivity index (χ4v) is 9.67. The standard InChI is InChI=1S/C20H32O4S3/c1-13-5-4-9-19(2,23)17-11-14-8-10-20(3,16(21)7-6-13)26-27-25-12-15(14)18(22)24-17/h5,14-17,21,23H,4,6-12H2,1-3H3/b13-5-/t14-,15+,16+,17-,19+,20-/m1/s1. The van der Waals surface area contributed by atoms with Crippen molar-refractivity contribution in [2.45, 2.75) is 88.3 Å². The van der Waals surface area contributed by atoms with Gasteiger partial charge in [-0.3, -0.25) is 4.79 Å². The van der Waals surface area contributed by atoms with Gasteiger partial charge < -0.3 is 14.9 Å². The second kappa shape index (κ2) is 8.90. The molecular formula is C20H32O4S3. The second-order valence-electron chi connectivity index (χ2n) is 8.82. The molecule has 0 spiro atoms. The van der Waals surface area contributed by atoms with Crippen LogP contribution in [0.4, 0.5) is 0 Å². The molecule has 154 valence electrons. The van der Waals surface area contributed by atoms with E-state index in [9.17, 15) is 15.0 Å². The number of aliphatic hydroxyl groups excluding tert-OH is 1. The van der Waals surface area contributed by atoms with Crippen LogP contribution in [0, 0.1) is 11.8 Å². The molecule has 2 N–H and O–H groups in total. The molecule has 0 radical (unpaired) electrons. The van der Waals surface area contributed by atoms with Gasteiger partial charge in [0.05, 0.1) is 22.4 Å². The first kappa shape index (κ1) is 21.9. The predicted molar refractivity (Wildman–Crippen MR) is 116 cm³/mol. The molecule has 0 amide bonds. The van der Waals surface area contributed by atoms with Gasteiger partial charge in [-0.25, -0.2) is 0 Å². The molecule has 4 nitrogen and oxygen atoms in total. The minimum absolute atomic E-state index is 0.107. The zero-order chi connectivity index (χ0) is 19.7. The van der Waals surface area contributed by atoms with Gasteiger partial charge in [-0.1, -0.05) is 33.2 Å². The topological polar surface area (TPSA) is 66.8 Å². The monoisotopic (exact) mass is 432 g/mol. The number of hydrogen-bond acceptors (Lipinski definition) is 7. The van der Waals surface area contributed by atoms with Crippen LogP contribution in [0.15, 0.2) is 11.6 Å². The van der Waals surface area contributed by atoms with Gasteiger partial charge in [-0.05, 0) is 81.5 Å². The molecule has 0 aromatic rings. The summed E-state index contributed by atoms with van der Waals surface area (Å²) in [6, 6.07) is 0. The summed E-state index contributed by atoms with van der Waals surface area (Å²) >= 11 is 0. The normalized spacial score (nSPS) is 46.4. The van der Waals surface area contributed by atoms with E-state index < -0.39 is 11.7 Å². The van der Waals surface area contributed by atoms with Crippen LogP contribution in [0.3, 0.4) is 0 Å². The number of esters is 1. The van der Waals surface area contributed by atoms with Crippen molar-refractivity contribution < 1.29 is 19.7 Å². The number of rotatable bonds is 0. The summed E-state index contributed by atoms with van der Waals surface area (Å²) in [4.78, 5) is 12.7. The number of carbonyl (C=O) groups excluding carboxylic acids is 1. The van der Waals surface area contributed by atoms with E-state index in [0.717, 1.165) is 37.9 Å². The van der Waals surface area contributed by atoms with Gasteiger partial charge in [0.15, 0.2) is 0 Å². The molecule has 2 heterocycles. The zero-order valence-corrected chi connectivity index (χ0v) is 18.9. The van der Waals surface area contributed by atoms with Crippen LogP contribution in [-0.4, -0.2) is 44.5 Å². The Morgan fingerprint density at radius 2 is 2.04 bits per heavy atom. The van der Waals surface area contributed by atoms with Crippen molar-refractivity contribution in [1.82, 2.24) is 0 Å². The molecule has 7 heteroatoms. The Labute approximate surface area is 174 Å². The fourth-order valence-electron chi connectivity index (χ4n) is 4.29. The Balaban J connectivity index is 1.91. The molecule has 0 saturated carbocycles. The minimum atomic E-state index is -1.00. The van der Waals surface area contributed by atoms with Gasteiger partial charge in [0.1, 0.15) is 6.10 Å². The van der Waals surface area contributed by atoms with Gasteiger partial charge in [0.25, 0.3) is 0 Å². The van der Waals surface area contributed by atoms with E-state index in [1.807, 2.05) is 6.92 Å². The van der Waals surface area contributed by atoms with E-state index in [4.69, 9.17) is 4.74 Å². The SMILES string of the molecule is C/C1=C/CC[C@](C)(O)[C@H]2C[C@H]3CC[C@@](C)(SSSC[C@@H]3C(=O)O2)[C@@H](O)CC1. The second-order valence-corrected chi connectivity index (χ2v) is 13.5. The summed E-state index contributed by atoms with van der Waals surface area (Å²) in [6.45, 7) is 6.07. The van der Waals surface area contributed by atoms with Crippen LogP contribution in [-0.2, 0) is 9.53 Å². The van der Waals surface area contributed by atoms with Crippen molar-refractivity contribution in [1.29, 1.82) is 0 Å². The highest BCUT2D eigenvalue weighted by Crippen LogP contribution is 2.52. The number of aliphatic hydroxyl groups is 2. The van der Waals surface area contributed by atoms with Crippen molar-refractivity contribution in [3.05, 3.63) is 11.6 Å². The molecule has 3 rings (SSSR count). The van der Waals surface area contributed by atoms with E-state index in [0.29, 0.717) is 12.8 Å². The number of carbonyl (C=O) groups is 1. The maximum atomic E-state index is 12.7. The molecular weight excluding hydrogens is 400 g/mol. The highest BCUT2D eigenvalue weighted by Gasteiger charge is 2.47. The first-order valence-corrected chi connectivity index (χ1v) is 13.6. The van der Waals surface area contributed by atoms with Crippen LogP contribution in [0.1, 0.15) is 65.7 Å². The Morgan fingerprint density at radius 3 is 2.81 bits per heavy atom. The molecule has 3 aliphatic rings. The molecule has 27 heavy (non-hydrogen) atoms. The largest absolute Gasteiger partial charge is 0.459 e. The first-order chi connectivity index (χ1) is 12.7. The third-order valence-electron chi connectivity index (χ3n) is 6.53. The van der Waals surface area contributed by atoms with Gasteiger partial charge >= 0.3 is 5.97 Å². The third kappa shape index (κ3) is 5.21. The molecule has 2 fully saturated rings. The Hall–Kier alpha value is 0.180. The summed E-state index contributed by atoms with van der Waals surface area (Å²) in [5, 5.41) is 22.0. The van der Waals surface area contributed by atoms with E-state index in [-0.39, 0.29) is 28.7 Å². The highest BCUT2D eigenvalue weighted by molar-refractivity contribution is 9.09. The lowest BCUT2D eigenvalue weighted by atomic mass is 9.76. The summed E-state index contributed by atoms with van der Waals surface area (Å²) < 4.78 is 5.51. The van der Waals surface area contributed by atoms with Gasteiger partial charge in [0.2, 0.25) is 0 Å².